The monoisotopic (exact) mass is 390 g/mol. The zero-order valence-electron chi connectivity index (χ0n) is 13.7. The molecule has 0 N–H and O–H groups in total. The Labute approximate surface area is 149 Å². The zero-order valence-corrected chi connectivity index (χ0v) is 15.2. The van der Waals surface area contributed by atoms with Crippen LogP contribution in [0.5, 0.6) is 11.5 Å². The lowest BCUT2D eigenvalue weighted by atomic mass is 10.1. The highest BCUT2D eigenvalue weighted by atomic mass is 79.9. The normalized spacial score (nSPS) is 13.5. The van der Waals surface area contributed by atoms with Gasteiger partial charge in [-0.15, -0.1) is 0 Å². The molecule has 6 heteroatoms. The minimum Gasteiger partial charge on any atom is -0.495 e. The predicted octanol–water partition coefficient (Wildman–Crippen LogP) is 3.67. The summed E-state index contributed by atoms with van der Waals surface area (Å²) in [5.74, 6) is 1.15. The van der Waals surface area contributed by atoms with E-state index in [0.717, 1.165) is 18.4 Å². The fraction of sp³-hybridized carbons (Fsp3) is 0.333. The molecule has 0 spiro atoms. The lowest BCUT2D eigenvalue weighted by Gasteiger charge is -2.23. The number of aromatic nitrogens is 1. The molecule has 0 saturated heterocycles. The Morgan fingerprint density at radius 2 is 1.79 bits per heavy atom. The summed E-state index contributed by atoms with van der Waals surface area (Å²) in [6.07, 6.45) is 5.58. The molecule has 1 aromatic carbocycles. The van der Waals surface area contributed by atoms with Crippen LogP contribution in [0.3, 0.4) is 0 Å². The number of halogens is 1. The number of benzene rings is 1. The van der Waals surface area contributed by atoms with Crippen molar-refractivity contribution in [1.82, 2.24) is 9.88 Å². The second-order valence-electron chi connectivity index (χ2n) is 5.71. The van der Waals surface area contributed by atoms with E-state index < -0.39 is 0 Å². The third kappa shape index (κ3) is 3.53. The Kier molecular flexibility index (Phi) is 5.04. The summed E-state index contributed by atoms with van der Waals surface area (Å²) in [6.45, 7) is 0.576. The lowest BCUT2D eigenvalue weighted by molar-refractivity contribution is 0.0729. The van der Waals surface area contributed by atoms with Crippen molar-refractivity contribution < 1.29 is 14.3 Å². The first-order valence-electron chi connectivity index (χ1n) is 7.75. The number of ether oxygens (including phenoxy) is 2. The van der Waals surface area contributed by atoms with Gasteiger partial charge in [0.25, 0.3) is 5.91 Å². The topological polar surface area (TPSA) is 51.7 Å². The molecule has 1 aliphatic rings. The molecule has 126 valence electrons. The van der Waals surface area contributed by atoms with Crippen LogP contribution < -0.4 is 9.47 Å². The van der Waals surface area contributed by atoms with Gasteiger partial charge in [0.05, 0.1) is 14.2 Å². The first kappa shape index (κ1) is 16.8. The molecular weight excluding hydrogens is 372 g/mol. The van der Waals surface area contributed by atoms with Crippen LogP contribution in [0.1, 0.15) is 28.8 Å². The average Bonchev–Trinajstić information content (AvgIpc) is 3.45. The van der Waals surface area contributed by atoms with Gasteiger partial charge in [-0.05, 0) is 58.6 Å². The van der Waals surface area contributed by atoms with E-state index in [4.69, 9.17) is 9.47 Å². The fourth-order valence-corrected chi connectivity index (χ4v) is 3.15. The quantitative estimate of drug-likeness (QED) is 0.754. The Balaban J connectivity index is 1.90. The van der Waals surface area contributed by atoms with Crippen molar-refractivity contribution in [1.29, 1.82) is 0 Å². The largest absolute Gasteiger partial charge is 0.495 e. The van der Waals surface area contributed by atoms with Gasteiger partial charge in [-0.2, -0.15) is 0 Å². The summed E-state index contributed by atoms with van der Waals surface area (Å²) < 4.78 is 11.4. The van der Waals surface area contributed by atoms with Crippen molar-refractivity contribution in [2.45, 2.75) is 25.4 Å². The van der Waals surface area contributed by atoms with Gasteiger partial charge in [-0.25, -0.2) is 0 Å². The molecule has 0 radical (unpaired) electrons. The second kappa shape index (κ2) is 7.21. The first-order chi connectivity index (χ1) is 11.6. The predicted molar refractivity (Wildman–Crippen MR) is 94.4 cm³/mol. The van der Waals surface area contributed by atoms with E-state index in [2.05, 4.69) is 20.9 Å². The molecule has 1 saturated carbocycles. The molecule has 0 unspecified atom stereocenters. The van der Waals surface area contributed by atoms with E-state index in [1.807, 2.05) is 17.0 Å². The van der Waals surface area contributed by atoms with Gasteiger partial charge < -0.3 is 14.4 Å². The van der Waals surface area contributed by atoms with Gasteiger partial charge in [-0.3, -0.25) is 9.78 Å². The van der Waals surface area contributed by atoms with Gasteiger partial charge in [0.2, 0.25) is 0 Å². The average molecular weight is 391 g/mol. The Bertz CT molecular complexity index is 707. The van der Waals surface area contributed by atoms with E-state index in [1.54, 1.807) is 38.7 Å². The fourth-order valence-electron chi connectivity index (χ4n) is 2.60. The van der Waals surface area contributed by atoms with Crippen molar-refractivity contribution in [2.24, 2.45) is 0 Å². The van der Waals surface area contributed by atoms with E-state index in [1.165, 1.54) is 0 Å². The number of amides is 1. The molecule has 2 aromatic rings. The molecule has 3 rings (SSSR count). The number of carbonyl (C=O) groups is 1. The number of methoxy groups -OCH3 is 2. The van der Waals surface area contributed by atoms with Crippen LogP contribution in [0, 0.1) is 0 Å². The highest BCUT2D eigenvalue weighted by Crippen LogP contribution is 2.37. The third-order valence-corrected chi connectivity index (χ3v) is 4.82. The van der Waals surface area contributed by atoms with Crippen LogP contribution >= 0.6 is 15.9 Å². The number of carbonyl (C=O) groups excluding carboxylic acids is 1. The maximum atomic E-state index is 13.1. The SMILES string of the molecule is COc1cc(C(=O)N(Cc2ccncc2)C2CC2)cc(OC)c1Br. The lowest BCUT2D eigenvalue weighted by Crippen LogP contribution is -2.32. The molecule has 0 aliphatic heterocycles. The van der Waals surface area contributed by atoms with Crippen molar-refractivity contribution in [3.63, 3.8) is 0 Å². The van der Waals surface area contributed by atoms with Crippen molar-refractivity contribution in [2.75, 3.05) is 14.2 Å². The van der Waals surface area contributed by atoms with Gasteiger partial charge in [-0.1, -0.05) is 0 Å². The van der Waals surface area contributed by atoms with Crippen molar-refractivity contribution >= 4 is 21.8 Å². The number of hydrogen-bond donors (Lipinski definition) is 0. The molecule has 0 atom stereocenters. The van der Waals surface area contributed by atoms with Crippen LogP contribution in [-0.4, -0.2) is 36.1 Å². The van der Waals surface area contributed by atoms with E-state index in [0.29, 0.717) is 34.1 Å². The van der Waals surface area contributed by atoms with E-state index in [-0.39, 0.29) is 5.91 Å². The van der Waals surface area contributed by atoms with Crippen molar-refractivity contribution in [3.8, 4) is 11.5 Å². The number of nitrogens with zero attached hydrogens (tertiary/aromatic N) is 2. The van der Waals surface area contributed by atoms with Crippen molar-refractivity contribution in [3.05, 3.63) is 52.3 Å². The van der Waals surface area contributed by atoms with E-state index in [9.17, 15) is 4.79 Å². The molecule has 1 aromatic heterocycles. The molecule has 24 heavy (non-hydrogen) atoms. The second-order valence-corrected chi connectivity index (χ2v) is 6.51. The van der Waals surface area contributed by atoms with Gasteiger partial charge >= 0.3 is 0 Å². The summed E-state index contributed by atoms with van der Waals surface area (Å²) in [5, 5.41) is 0. The smallest absolute Gasteiger partial charge is 0.254 e. The minimum atomic E-state index is -0.0154. The molecular formula is C18H19BrN2O3. The van der Waals surface area contributed by atoms with Crippen LogP contribution in [0.4, 0.5) is 0 Å². The number of hydrogen-bond acceptors (Lipinski definition) is 4. The molecule has 1 aliphatic carbocycles. The molecule has 5 nitrogen and oxygen atoms in total. The Morgan fingerprint density at radius 3 is 2.29 bits per heavy atom. The van der Waals surface area contributed by atoms with Crippen LogP contribution in [-0.2, 0) is 6.54 Å². The standard InChI is InChI=1S/C18H19BrN2O3/c1-23-15-9-13(10-16(24-2)17(15)19)18(22)21(14-3-4-14)11-12-5-7-20-8-6-12/h5-10,14H,3-4,11H2,1-2H3. The summed E-state index contributed by atoms with van der Waals surface area (Å²) in [4.78, 5) is 19.0. The van der Waals surface area contributed by atoms with Crippen LogP contribution in [0.2, 0.25) is 0 Å². The highest BCUT2D eigenvalue weighted by Gasteiger charge is 2.33. The molecule has 1 amide bonds. The van der Waals surface area contributed by atoms with Gasteiger partial charge in [0, 0.05) is 30.5 Å². The Morgan fingerprint density at radius 1 is 1.21 bits per heavy atom. The van der Waals surface area contributed by atoms with Crippen LogP contribution in [0.25, 0.3) is 0 Å². The molecule has 1 heterocycles. The van der Waals surface area contributed by atoms with Gasteiger partial charge in [0.1, 0.15) is 16.0 Å². The highest BCUT2D eigenvalue weighted by molar-refractivity contribution is 9.10. The molecule has 1 fully saturated rings. The summed E-state index contributed by atoms with van der Waals surface area (Å²) in [7, 11) is 3.15. The summed E-state index contributed by atoms with van der Waals surface area (Å²) >= 11 is 3.44. The third-order valence-electron chi connectivity index (χ3n) is 4.04. The number of rotatable bonds is 6. The Hall–Kier alpha value is -2.08. The number of pyridine rings is 1. The first-order valence-corrected chi connectivity index (χ1v) is 8.54. The van der Waals surface area contributed by atoms with Gasteiger partial charge in [0.15, 0.2) is 0 Å². The maximum Gasteiger partial charge on any atom is 0.254 e. The molecule has 0 bridgehead atoms. The zero-order chi connectivity index (χ0) is 17.1. The van der Waals surface area contributed by atoms with E-state index >= 15 is 0 Å². The summed E-state index contributed by atoms with van der Waals surface area (Å²) in [6, 6.07) is 7.66. The maximum absolute atomic E-state index is 13.1. The van der Waals surface area contributed by atoms with Crippen LogP contribution in [0.15, 0.2) is 41.1 Å². The minimum absolute atomic E-state index is 0.0154. The summed E-state index contributed by atoms with van der Waals surface area (Å²) in [5.41, 5.74) is 1.63.